The van der Waals surface area contributed by atoms with Crippen LogP contribution in [0.2, 0.25) is 0 Å². The summed E-state index contributed by atoms with van der Waals surface area (Å²) in [6.07, 6.45) is 0. The Hall–Kier alpha value is -3.08. The predicted molar refractivity (Wildman–Crippen MR) is 130 cm³/mol. The third-order valence-corrected chi connectivity index (χ3v) is 6.03. The molecule has 0 spiro atoms. The fourth-order valence-electron chi connectivity index (χ4n) is 3.59. The molecule has 0 amide bonds. The Bertz CT molecular complexity index is 1230. The quantitative estimate of drug-likeness (QED) is 0.160. The van der Waals surface area contributed by atoms with Gasteiger partial charge in [-0.15, -0.1) is 0 Å². The molecule has 1 aromatic heterocycles. The zero-order chi connectivity index (χ0) is 24.1. The van der Waals surface area contributed by atoms with E-state index in [4.69, 9.17) is 9.07 Å². The molecule has 4 aromatic rings. The third-order valence-electron chi connectivity index (χ3n) is 5.36. The van der Waals surface area contributed by atoms with Crippen LogP contribution in [-0.2, 0) is 15.8 Å². The molecule has 0 radical (unpaired) electrons. The zero-order valence-electron chi connectivity index (χ0n) is 18.6. The Morgan fingerprint density at radius 1 is 0.941 bits per heavy atom. The molecule has 0 aliphatic heterocycles. The number of ether oxygens (including phenoxy) is 1. The molecule has 0 fully saturated rings. The van der Waals surface area contributed by atoms with Gasteiger partial charge in [-0.05, 0) is 72.5 Å². The molecule has 0 aliphatic rings. The molecule has 1 heterocycles. The summed E-state index contributed by atoms with van der Waals surface area (Å²) in [6, 6.07) is 22.9. The van der Waals surface area contributed by atoms with Gasteiger partial charge in [-0.2, -0.15) is 4.33 Å². The summed E-state index contributed by atoms with van der Waals surface area (Å²) in [5.74, 6) is 0.314. The van der Waals surface area contributed by atoms with Crippen LogP contribution in [0.4, 0.5) is 4.39 Å². The average Bonchev–Trinajstić information content (AvgIpc) is 3.18. The highest BCUT2D eigenvalue weighted by Gasteiger charge is 2.16. The number of hydrogen-bond acceptors (Lipinski definition) is 6. The summed E-state index contributed by atoms with van der Waals surface area (Å²) in [4.78, 5) is 5.53. The maximum Gasteiger partial charge on any atom is 0.488 e. The van der Waals surface area contributed by atoms with Gasteiger partial charge in [0.05, 0.1) is 24.8 Å². The predicted octanol–water partition coefficient (Wildman–Crippen LogP) is 4.44. The van der Waals surface area contributed by atoms with Gasteiger partial charge < -0.3 is 19.4 Å². The van der Waals surface area contributed by atoms with Gasteiger partial charge in [0.2, 0.25) is 0 Å². The van der Waals surface area contributed by atoms with Crippen LogP contribution in [0.15, 0.2) is 83.8 Å². The molecule has 0 aliphatic carbocycles. The number of hydrogen-bond donors (Lipinski definition) is 2. The van der Waals surface area contributed by atoms with Crippen molar-refractivity contribution in [2.45, 2.75) is 18.4 Å². The lowest BCUT2D eigenvalue weighted by Crippen LogP contribution is -2.29. The minimum atomic E-state index is -1.52. The van der Waals surface area contributed by atoms with Crippen molar-refractivity contribution in [3.63, 3.8) is 0 Å². The number of halogens is 1. The zero-order valence-corrected chi connectivity index (χ0v) is 19.5. The summed E-state index contributed by atoms with van der Waals surface area (Å²) in [7, 11) is -0.0670. The Balaban J connectivity index is 1.65. The van der Waals surface area contributed by atoms with E-state index in [0.29, 0.717) is 17.8 Å². The minimum absolute atomic E-state index is 0.297. The van der Waals surface area contributed by atoms with Crippen molar-refractivity contribution in [2.24, 2.45) is 0 Å². The highest BCUT2D eigenvalue weighted by atomic mass is 32.2. The summed E-state index contributed by atoms with van der Waals surface area (Å²) in [6.45, 7) is 2.30. The summed E-state index contributed by atoms with van der Waals surface area (Å²) >= 11 is 1.12. The second-order valence-corrected chi connectivity index (χ2v) is 8.30. The second kappa shape index (κ2) is 10.9. The van der Waals surface area contributed by atoms with Crippen LogP contribution in [0.1, 0.15) is 11.3 Å². The number of aromatic nitrogens is 1. The van der Waals surface area contributed by atoms with E-state index in [0.717, 1.165) is 45.1 Å². The molecular formula is C25H23BFNO5S. The fourth-order valence-corrected chi connectivity index (χ4v) is 3.99. The first-order valence-electron chi connectivity index (χ1n) is 10.5. The monoisotopic (exact) mass is 479 g/mol. The van der Waals surface area contributed by atoms with Crippen LogP contribution in [-0.4, -0.2) is 28.8 Å². The number of nitrogens with zero attached hydrogens (tertiary/aromatic N) is 1. The molecule has 0 bridgehead atoms. The van der Waals surface area contributed by atoms with Crippen LogP contribution in [0.3, 0.4) is 0 Å². The van der Waals surface area contributed by atoms with E-state index in [2.05, 4.69) is 15.5 Å². The fraction of sp³-hybridized carbons (Fsp3) is 0.120. The van der Waals surface area contributed by atoms with Crippen LogP contribution in [0.25, 0.3) is 16.9 Å². The van der Waals surface area contributed by atoms with Crippen molar-refractivity contribution in [1.82, 2.24) is 4.57 Å². The van der Waals surface area contributed by atoms with Crippen molar-refractivity contribution >= 4 is 24.6 Å². The standard InChI is InChI=1S/C25H23BFNO5S/c1-17-19(16-32-23-11-5-20(6-12-23)26(29)30)15-25(28(17)22-9-7-21(27)8-10-22)18-3-13-24(14-4-18)34-33-31-2/h3-15,29-30H,16H2,1-2H3. The van der Waals surface area contributed by atoms with E-state index in [1.54, 1.807) is 36.4 Å². The second-order valence-electron chi connectivity index (χ2n) is 7.53. The van der Waals surface area contributed by atoms with Gasteiger partial charge in [-0.25, -0.2) is 9.28 Å². The lowest BCUT2D eigenvalue weighted by molar-refractivity contribution is -0.160. The van der Waals surface area contributed by atoms with Gasteiger partial charge in [-0.3, -0.25) is 0 Å². The molecule has 9 heteroatoms. The molecular weight excluding hydrogens is 456 g/mol. The highest BCUT2D eigenvalue weighted by molar-refractivity contribution is 7.94. The van der Waals surface area contributed by atoms with E-state index < -0.39 is 7.12 Å². The van der Waals surface area contributed by atoms with Crippen LogP contribution < -0.4 is 10.2 Å². The SMILES string of the molecule is COOSc1ccc(-c2cc(COc3ccc(B(O)O)cc3)c(C)n2-c2ccc(F)cc2)cc1. The summed E-state index contributed by atoms with van der Waals surface area (Å²) in [5.41, 5.74) is 5.07. The summed E-state index contributed by atoms with van der Waals surface area (Å²) in [5, 5.41) is 18.5. The van der Waals surface area contributed by atoms with Crippen molar-refractivity contribution in [3.8, 4) is 22.7 Å². The Morgan fingerprint density at radius 3 is 2.24 bits per heavy atom. The van der Waals surface area contributed by atoms with Gasteiger partial charge in [0.25, 0.3) is 0 Å². The first kappa shape index (κ1) is 24.1. The van der Waals surface area contributed by atoms with E-state index in [1.807, 2.05) is 31.2 Å². The van der Waals surface area contributed by atoms with Crippen LogP contribution in [0.5, 0.6) is 5.75 Å². The van der Waals surface area contributed by atoms with Crippen molar-refractivity contribution < 1.29 is 28.4 Å². The van der Waals surface area contributed by atoms with Gasteiger partial charge in [0, 0.05) is 21.8 Å². The van der Waals surface area contributed by atoms with Crippen molar-refractivity contribution in [2.75, 3.05) is 7.11 Å². The molecule has 34 heavy (non-hydrogen) atoms. The Labute approximate surface area is 201 Å². The Morgan fingerprint density at radius 2 is 1.62 bits per heavy atom. The molecule has 0 unspecified atom stereocenters. The normalized spacial score (nSPS) is 11.0. The van der Waals surface area contributed by atoms with Gasteiger partial charge >= 0.3 is 7.12 Å². The van der Waals surface area contributed by atoms with Crippen molar-refractivity contribution in [1.29, 1.82) is 0 Å². The van der Waals surface area contributed by atoms with Gasteiger partial charge in [0.15, 0.2) is 0 Å². The third kappa shape index (κ3) is 5.52. The topological polar surface area (TPSA) is 73.1 Å². The molecule has 3 aromatic carbocycles. The number of benzene rings is 3. The number of rotatable bonds is 9. The largest absolute Gasteiger partial charge is 0.489 e. The molecule has 6 nitrogen and oxygen atoms in total. The first-order chi connectivity index (χ1) is 16.5. The van der Waals surface area contributed by atoms with E-state index in [9.17, 15) is 14.4 Å². The van der Waals surface area contributed by atoms with E-state index >= 15 is 0 Å². The smallest absolute Gasteiger partial charge is 0.488 e. The van der Waals surface area contributed by atoms with E-state index in [1.165, 1.54) is 19.2 Å². The molecule has 4 rings (SSSR count). The summed E-state index contributed by atoms with van der Waals surface area (Å²) < 4.78 is 26.5. The first-order valence-corrected chi connectivity index (χ1v) is 11.2. The maximum atomic E-state index is 13.6. The Kier molecular flexibility index (Phi) is 7.71. The maximum absolute atomic E-state index is 13.6. The molecule has 0 saturated heterocycles. The van der Waals surface area contributed by atoms with Crippen molar-refractivity contribution in [3.05, 3.63) is 95.9 Å². The molecule has 174 valence electrons. The lowest BCUT2D eigenvalue weighted by Gasteiger charge is -2.13. The molecule has 0 saturated carbocycles. The molecule has 0 atom stereocenters. The average molecular weight is 479 g/mol. The van der Waals surface area contributed by atoms with Crippen LogP contribution >= 0.6 is 12.0 Å². The molecule has 2 N–H and O–H groups in total. The van der Waals surface area contributed by atoms with Gasteiger partial charge in [-0.1, -0.05) is 24.3 Å². The lowest BCUT2D eigenvalue weighted by atomic mass is 9.80. The van der Waals surface area contributed by atoms with E-state index in [-0.39, 0.29) is 5.82 Å². The highest BCUT2D eigenvalue weighted by Crippen LogP contribution is 2.32. The van der Waals surface area contributed by atoms with Crippen LogP contribution in [0, 0.1) is 12.7 Å². The minimum Gasteiger partial charge on any atom is -0.489 e. The van der Waals surface area contributed by atoms with Gasteiger partial charge in [0.1, 0.15) is 18.2 Å².